The molecule has 1 spiro atoms. The van der Waals surface area contributed by atoms with Crippen LogP contribution in [0.25, 0.3) is 0 Å². The van der Waals surface area contributed by atoms with Crippen LogP contribution in [0.1, 0.15) is 39.3 Å². The molecule has 0 radical (unpaired) electrons. The van der Waals surface area contributed by atoms with Crippen LogP contribution in [0.3, 0.4) is 0 Å². The highest BCUT2D eigenvalue weighted by atomic mass is 32.2. The van der Waals surface area contributed by atoms with E-state index >= 15 is 0 Å². The van der Waals surface area contributed by atoms with Gasteiger partial charge in [0.15, 0.2) is 0 Å². The van der Waals surface area contributed by atoms with Crippen LogP contribution in [0.2, 0.25) is 0 Å². The maximum absolute atomic E-state index is 11.7. The number of carbonyl (C=O) groups excluding carboxylic acids is 1. The average molecular weight is 323 g/mol. The fourth-order valence-electron chi connectivity index (χ4n) is 2.81. The molecular weight excluding hydrogens is 303 g/mol. The second-order valence-corrected chi connectivity index (χ2v) is 7.51. The van der Waals surface area contributed by atoms with Gasteiger partial charge in [-0.2, -0.15) is 0 Å². The molecule has 2 fully saturated rings. The predicted octanol–water partition coefficient (Wildman–Crippen LogP) is 3.70. The molecule has 0 saturated carbocycles. The van der Waals surface area contributed by atoms with Crippen LogP contribution in [-0.2, 0) is 18.7 Å². The van der Waals surface area contributed by atoms with E-state index in [-0.39, 0.29) is 0 Å². The molecule has 1 aromatic rings. The lowest BCUT2D eigenvalue weighted by Crippen LogP contribution is -2.45. The van der Waals surface area contributed by atoms with Crippen molar-refractivity contribution in [3.05, 3.63) is 29.8 Å². The molecule has 2 saturated heterocycles. The van der Waals surface area contributed by atoms with Crippen molar-refractivity contribution in [3.63, 3.8) is 0 Å². The Bertz CT molecular complexity index is 582. The van der Waals surface area contributed by atoms with Crippen LogP contribution in [0.15, 0.2) is 29.2 Å². The summed E-state index contributed by atoms with van der Waals surface area (Å²) in [7, 11) is 0. The summed E-state index contributed by atoms with van der Waals surface area (Å²) < 4.78 is 22.9. The van der Waals surface area contributed by atoms with Gasteiger partial charge >= 0.3 is 12.9 Å². The second kappa shape index (κ2) is 4.91. The largest absolute Gasteiger partial charge is 0.609 e. The molecule has 7 heteroatoms. The Morgan fingerprint density at radius 1 is 1.05 bits per heavy atom. The van der Waals surface area contributed by atoms with E-state index in [0.29, 0.717) is 0 Å². The van der Waals surface area contributed by atoms with Gasteiger partial charge in [-0.3, -0.25) is 0 Å². The van der Waals surface area contributed by atoms with Gasteiger partial charge < -0.3 is 18.7 Å². The van der Waals surface area contributed by atoms with Crippen LogP contribution in [-0.4, -0.2) is 30.4 Å². The van der Waals surface area contributed by atoms with Gasteiger partial charge in [0.2, 0.25) is 0 Å². The fourth-order valence-corrected chi connectivity index (χ4v) is 3.22. The van der Waals surface area contributed by atoms with E-state index in [2.05, 4.69) is 0 Å². The number of hydrogen-bond donors (Lipinski definition) is 0. The Morgan fingerprint density at radius 2 is 1.59 bits per heavy atom. The van der Waals surface area contributed by atoms with Gasteiger partial charge in [0.05, 0.1) is 0 Å². The lowest BCUT2D eigenvalue weighted by molar-refractivity contribution is 0.00578. The smallest absolute Gasteiger partial charge is 0.484 e. The lowest BCUT2D eigenvalue weighted by Gasteiger charge is -2.36. The van der Waals surface area contributed by atoms with Crippen molar-refractivity contribution in [2.24, 2.45) is 0 Å². The van der Waals surface area contributed by atoms with Gasteiger partial charge in [0.1, 0.15) is 6.00 Å². The lowest BCUT2D eigenvalue weighted by atomic mass is 9.68. The number of ether oxygens (including phenoxy) is 1. The molecule has 22 heavy (non-hydrogen) atoms. The number of rotatable bonds is 2. The molecule has 2 heterocycles. The van der Waals surface area contributed by atoms with Crippen LogP contribution < -0.4 is 0 Å². The van der Waals surface area contributed by atoms with E-state index < -0.39 is 30.1 Å². The summed E-state index contributed by atoms with van der Waals surface area (Å²) in [5.41, 5.74) is -0.395. The Labute approximate surface area is 134 Å². The molecule has 0 bridgehead atoms. The molecule has 0 aliphatic carbocycles. The van der Waals surface area contributed by atoms with Gasteiger partial charge in [0, 0.05) is 16.1 Å². The van der Waals surface area contributed by atoms with E-state index in [1.807, 2.05) is 58.2 Å². The van der Waals surface area contributed by atoms with Crippen LogP contribution in [0.4, 0.5) is 4.79 Å². The minimum atomic E-state index is -2.32. The SMILES string of the molecule is CSc1ccc(C2OC(=O)O[B-]23OC(C)(C)C(C)(C)O3)cc1. The molecule has 1 atom stereocenters. The Hall–Kier alpha value is -1.18. The summed E-state index contributed by atoms with van der Waals surface area (Å²) in [5, 5.41) is 0. The zero-order valence-corrected chi connectivity index (χ0v) is 14.2. The molecule has 2 aliphatic heterocycles. The summed E-state index contributed by atoms with van der Waals surface area (Å²) in [6.07, 6.45) is 1.25. The molecule has 120 valence electrons. The van der Waals surface area contributed by atoms with E-state index in [1.54, 1.807) is 11.8 Å². The fraction of sp³-hybridized carbons (Fsp3) is 0.533. The van der Waals surface area contributed by atoms with Gasteiger partial charge in [0.25, 0.3) is 0 Å². The standard InChI is InChI=1S/C15H20BO5S/c1-14(2)15(3,4)21-16(20-14)12(18-13(17)19-16)10-6-8-11(22-5)9-7-10/h6-9,12H,1-5H3/q-1. The molecule has 0 amide bonds. The zero-order chi connectivity index (χ0) is 16.2. The number of carbonyl (C=O) groups is 1. The molecule has 1 unspecified atom stereocenters. The maximum atomic E-state index is 11.7. The minimum Gasteiger partial charge on any atom is -0.609 e. The third-order valence-corrected chi connectivity index (χ3v) is 5.41. The third kappa shape index (κ3) is 2.32. The zero-order valence-electron chi connectivity index (χ0n) is 13.4. The molecule has 1 aromatic carbocycles. The Kier molecular flexibility index (Phi) is 3.51. The molecule has 0 N–H and O–H groups in total. The van der Waals surface area contributed by atoms with Crippen LogP contribution in [0.5, 0.6) is 0 Å². The quantitative estimate of drug-likeness (QED) is 0.470. The van der Waals surface area contributed by atoms with Crippen molar-refractivity contribution in [2.45, 2.75) is 49.8 Å². The normalized spacial score (nSPS) is 27.7. The average Bonchev–Trinajstić information content (AvgIpc) is 2.82. The molecule has 5 nitrogen and oxygen atoms in total. The summed E-state index contributed by atoms with van der Waals surface area (Å²) in [6, 6.07) is 7.08. The van der Waals surface area contributed by atoms with Crippen molar-refractivity contribution in [2.75, 3.05) is 6.26 Å². The minimum absolute atomic E-state index is 0.599. The van der Waals surface area contributed by atoms with Crippen LogP contribution >= 0.6 is 11.8 Å². The highest BCUT2D eigenvalue weighted by Gasteiger charge is 2.63. The molecular formula is C15H20BO5S-. The van der Waals surface area contributed by atoms with E-state index in [0.717, 1.165) is 10.5 Å². The Balaban J connectivity index is 1.98. The van der Waals surface area contributed by atoms with Crippen LogP contribution in [0, 0.1) is 0 Å². The van der Waals surface area contributed by atoms with Gasteiger partial charge in [-0.05, 0) is 51.6 Å². The number of benzene rings is 1. The maximum Gasteiger partial charge on any atom is 0.484 e. The van der Waals surface area contributed by atoms with Gasteiger partial charge in [-0.25, -0.2) is 4.79 Å². The first kappa shape index (κ1) is 15.7. The number of thioether (sulfide) groups is 1. The number of hydrogen-bond acceptors (Lipinski definition) is 6. The highest BCUT2D eigenvalue weighted by molar-refractivity contribution is 7.98. The van der Waals surface area contributed by atoms with Gasteiger partial charge in [-0.15, -0.1) is 11.8 Å². The monoisotopic (exact) mass is 323 g/mol. The molecule has 2 aliphatic rings. The third-order valence-electron chi connectivity index (χ3n) is 4.67. The summed E-state index contributed by atoms with van der Waals surface area (Å²) in [6.45, 7) is 5.36. The molecule has 0 aromatic heterocycles. The predicted molar refractivity (Wildman–Crippen MR) is 84.6 cm³/mol. The molecule has 3 rings (SSSR count). The van der Waals surface area contributed by atoms with E-state index in [1.165, 1.54) is 0 Å². The summed E-state index contributed by atoms with van der Waals surface area (Å²) in [4.78, 5) is 12.9. The first-order valence-electron chi connectivity index (χ1n) is 7.27. The van der Waals surface area contributed by atoms with Crippen molar-refractivity contribution < 1.29 is 23.5 Å². The first-order chi connectivity index (χ1) is 10.2. The van der Waals surface area contributed by atoms with Crippen molar-refractivity contribution in [1.82, 2.24) is 0 Å². The summed E-state index contributed by atoms with van der Waals surface area (Å²) >= 11 is 1.65. The van der Waals surface area contributed by atoms with Crippen molar-refractivity contribution >= 4 is 24.7 Å². The summed E-state index contributed by atoms with van der Waals surface area (Å²) in [5.74, 6) is 0. The first-order valence-corrected chi connectivity index (χ1v) is 8.49. The van der Waals surface area contributed by atoms with E-state index in [4.69, 9.17) is 18.7 Å². The Morgan fingerprint density at radius 3 is 2.09 bits per heavy atom. The van der Waals surface area contributed by atoms with E-state index in [9.17, 15) is 4.79 Å². The highest BCUT2D eigenvalue weighted by Crippen LogP contribution is 2.50. The topological polar surface area (TPSA) is 54.0 Å². The number of cyclic esters (lactones) is 1. The van der Waals surface area contributed by atoms with Gasteiger partial charge in [-0.1, -0.05) is 12.1 Å². The van der Waals surface area contributed by atoms with Crippen molar-refractivity contribution in [1.29, 1.82) is 0 Å². The van der Waals surface area contributed by atoms with Crippen molar-refractivity contribution in [3.8, 4) is 0 Å². The second-order valence-electron chi connectivity index (χ2n) is 6.63.